The third kappa shape index (κ3) is 5.56. The molecule has 1 N–H and O–H groups in total. The molecule has 8 nitrogen and oxygen atoms in total. The van der Waals surface area contributed by atoms with Gasteiger partial charge >= 0.3 is 5.97 Å². The lowest BCUT2D eigenvalue weighted by Gasteiger charge is -2.42. The molecule has 1 saturated heterocycles. The lowest BCUT2D eigenvalue weighted by molar-refractivity contribution is -0.266. The van der Waals surface area contributed by atoms with Crippen LogP contribution in [0.1, 0.15) is 36.8 Å². The normalized spacial score (nSPS) is 17.8. The molecular formula is C22H23Cl2N3O5S. The van der Waals surface area contributed by atoms with E-state index >= 15 is 0 Å². The Morgan fingerprint density at radius 2 is 2.03 bits per heavy atom. The second-order valence-corrected chi connectivity index (χ2v) is 9.96. The van der Waals surface area contributed by atoms with E-state index in [1.807, 2.05) is 20.8 Å². The number of esters is 1. The molecule has 0 aliphatic carbocycles. The van der Waals surface area contributed by atoms with Crippen LogP contribution < -0.4 is 9.64 Å². The van der Waals surface area contributed by atoms with Crippen molar-refractivity contribution in [1.82, 2.24) is 9.88 Å². The van der Waals surface area contributed by atoms with Crippen molar-refractivity contribution in [3.05, 3.63) is 51.8 Å². The molecule has 1 aromatic carbocycles. The van der Waals surface area contributed by atoms with Crippen LogP contribution in [0.25, 0.3) is 0 Å². The van der Waals surface area contributed by atoms with Crippen LogP contribution in [0.2, 0.25) is 10.0 Å². The Kier molecular flexibility index (Phi) is 6.82. The molecule has 1 unspecified atom stereocenters. The van der Waals surface area contributed by atoms with Gasteiger partial charge in [0.2, 0.25) is 6.41 Å². The second kappa shape index (κ2) is 9.32. The van der Waals surface area contributed by atoms with Crippen LogP contribution in [0.3, 0.4) is 0 Å². The minimum Gasteiger partial charge on any atom is -0.455 e. The standard InChI is InChI=1S/C22H23Cl2N3O5S/c1-22(2,3)32-20(29)26-10-15(11-26)30-19(28)17-5-4-14(8-25-17)27-9-12-6-13(23)7-16(24)18(12)31-21(27)33/h4-8,15,20,29H,9-11H2,1-3H3. The molecule has 11 heteroatoms. The number of aliphatic hydroxyl groups excluding tert-OH is 1. The van der Waals surface area contributed by atoms with Crippen LogP contribution in [-0.2, 0) is 16.0 Å². The number of aliphatic hydroxyl groups is 1. The molecule has 1 fully saturated rings. The largest absolute Gasteiger partial charge is 0.455 e. The van der Waals surface area contributed by atoms with Crippen LogP contribution >= 0.6 is 35.4 Å². The molecule has 176 valence electrons. The van der Waals surface area contributed by atoms with Gasteiger partial charge in [0.15, 0.2) is 5.75 Å². The van der Waals surface area contributed by atoms with E-state index in [1.165, 1.54) is 6.20 Å². The molecule has 4 rings (SSSR count). The van der Waals surface area contributed by atoms with E-state index < -0.39 is 18.0 Å². The smallest absolute Gasteiger partial charge is 0.357 e. The molecule has 0 bridgehead atoms. The number of ether oxygens (including phenoxy) is 3. The van der Waals surface area contributed by atoms with E-state index in [9.17, 15) is 9.90 Å². The van der Waals surface area contributed by atoms with Crippen LogP contribution in [-0.4, -0.2) is 57.3 Å². The number of carbonyl (C=O) groups excluding carboxylic acids is 1. The zero-order chi connectivity index (χ0) is 23.9. The van der Waals surface area contributed by atoms with Crippen molar-refractivity contribution < 1.29 is 24.1 Å². The lowest BCUT2D eigenvalue weighted by Crippen LogP contribution is -2.58. The number of nitrogens with zero attached hydrogens (tertiary/aromatic N) is 3. The number of aromatic nitrogens is 1. The number of anilines is 1. The summed E-state index contributed by atoms with van der Waals surface area (Å²) < 4.78 is 16.7. The van der Waals surface area contributed by atoms with Crippen molar-refractivity contribution >= 4 is 52.3 Å². The number of benzene rings is 1. The monoisotopic (exact) mass is 511 g/mol. The third-order valence-electron chi connectivity index (χ3n) is 5.01. The van der Waals surface area contributed by atoms with Gasteiger partial charge in [-0.05, 0) is 57.3 Å². The van der Waals surface area contributed by atoms with Gasteiger partial charge in [0.1, 0.15) is 11.8 Å². The van der Waals surface area contributed by atoms with E-state index in [2.05, 4.69) is 4.98 Å². The Morgan fingerprint density at radius 3 is 2.67 bits per heavy atom. The summed E-state index contributed by atoms with van der Waals surface area (Å²) >= 11 is 17.7. The SMILES string of the molecule is CC(C)(C)OC(O)N1CC(OC(=O)c2ccc(N3Cc4cc(Cl)cc(Cl)c4OC3=S)cn2)C1. The first kappa shape index (κ1) is 24.1. The summed E-state index contributed by atoms with van der Waals surface area (Å²) in [6, 6.07) is 6.64. The Bertz CT molecular complexity index is 1070. The van der Waals surface area contributed by atoms with Crippen LogP contribution in [0.4, 0.5) is 5.69 Å². The van der Waals surface area contributed by atoms with Gasteiger partial charge in [-0.15, -0.1) is 0 Å². The van der Waals surface area contributed by atoms with Crippen LogP contribution in [0, 0.1) is 0 Å². The maximum Gasteiger partial charge on any atom is 0.357 e. The lowest BCUT2D eigenvalue weighted by atomic mass is 10.1. The third-order valence-corrected chi connectivity index (χ3v) is 5.82. The van der Waals surface area contributed by atoms with Crippen molar-refractivity contribution in [2.45, 2.75) is 45.4 Å². The van der Waals surface area contributed by atoms with Crippen molar-refractivity contribution in [2.24, 2.45) is 0 Å². The highest BCUT2D eigenvalue weighted by Crippen LogP contribution is 2.37. The maximum atomic E-state index is 12.5. The van der Waals surface area contributed by atoms with Gasteiger partial charge in [-0.3, -0.25) is 4.90 Å². The molecule has 1 aromatic heterocycles. The predicted octanol–water partition coefficient (Wildman–Crippen LogP) is 4.00. The first-order valence-electron chi connectivity index (χ1n) is 10.2. The van der Waals surface area contributed by atoms with E-state index in [0.717, 1.165) is 5.56 Å². The summed E-state index contributed by atoms with van der Waals surface area (Å²) in [4.78, 5) is 20.1. The van der Waals surface area contributed by atoms with Crippen LogP contribution in [0.15, 0.2) is 30.5 Å². The topological polar surface area (TPSA) is 84.4 Å². The molecule has 1 atom stereocenters. The van der Waals surface area contributed by atoms with E-state index in [1.54, 1.807) is 34.1 Å². The number of hydrogen-bond acceptors (Lipinski definition) is 8. The molecule has 2 aliphatic heterocycles. The first-order chi connectivity index (χ1) is 15.5. The van der Waals surface area contributed by atoms with Crippen molar-refractivity contribution in [3.8, 4) is 5.75 Å². The van der Waals surface area contributed by atoms with Crippen LogP contribution in [0.5, 0.6) is 5.75 Å². The fraction of sp³-hybridized carbons (Fsp3) is 0.409. The molecule has 0 radical (unpaired) electrons. The molecule has 3 heterocycles. The van der Waals surface area contributed by atoms with Crippen molar-refractivity contribution in [3.63, 3.8) is 0 Å². The summed E-state index contributed by atoms with van der Waals surface area (Å²) in [5.74, 6) is -0.0538. The van der Waals surface area contributed by atoms with Gasteiger partial charge in [0.25, 0.3) is 5.17 Å². The Labute approximate surface area is 206 Å². The van der Waals surface area contributed by atoms with E-state index in [0.29, 0.717) is 41.1 Å². The highest BCUT2D eigenvalue weighted by Gasteiger charge is 2.36. The number of carbonyl (C=O) groups is 1. The summed E-state index contributed by atoms with van der Waals surface area (Å²) in [6.07, 6.45) is 0.145. The van der Waals surface area contributed by atoms with Gasteiger partial charge in [-0.1, -0.05) is 23.2 Å². The number of pyridine rings is 1. The second-order valence-electron chi connectivity index (χ2n) is 8.77. The van der Waals surface area contributed by atoms with Gasteiger partial charge < -0.3 is 19.3 Å². The van der Waals surface area contributed by atoms with Gasteiger partial charge in [-0.25, -0.2) is 14.7 Å². The molecule has 33 heavy (non-hydrogen) atoms. The maximum absolute atomic E-state index is 12.5. The number of rotatable bonds is 5. The van der Waals surface area contributed by atoms with E-state index in [4.69, 9.17) is 49.6 Å². The number of fused-ring (bicyclic) bond motifs is 1. The summed E-state index contributed by atoms with van der Waals surface area (Å²) in [5.41, 5.74) is 1.13. The number of likely N-dealkylation sites (tertiary alicyclic amines) is 1. The Balaban J connectivity index is 1.35. The number of thiocarbonyl (C=S) groups is 1. The molecule has 0 saturated carbocycles. The van der Waals surface area contributed by atoms with Gasteiger partial charge in [0, 0.05) is 23.7 Å². The quantitative estimate of drug-likeness (QED) is 0.363. The van der Waals surface area contributed by atoms with Crippen molar-refractivity contribution in [1.29, 1.82) is 0 Å². The molecule has 0 spiro atoms. The fourth-order valence-corrected chi connectivity index (χ4v) is 4.24. The molecule has 0 amide bonds. The average molecular weight is 512 g/mol. The number of halogens is 2. The summed E-state index contributed by atoms with van der Waals surface area (Å²) in [7, 11) is 0. The number of hydrogen-bond donors (Lipinski definition) is 1. The highest BCUT2D eigenvalue weighted by molar-refractivity contribution is 7.80. The molecular weight excluding hydrogens is 489 g/mol. The van der Waals surface area contributed by atoms with Gasteiger partial charge in [-0.2, -0.15) is 0 Å². The fourth-order valence-electron chi connectivity index (χ4n) is 3.41. The zero-order valence-corrected chi connectivity index (χ0v) is 20.6. The molecule has 2 aromatic rings. The Morgan fingerprint density at radius 1 is 1.30 bits per heavy atom. The van der Waals surface area contributed by atoms with E-state index in [-0.39, 0.29) is 17.0 Å². The highest BCUT2D eigenvalue weighted by atomic mass is 35.5. The summed E-state index contributed by atoms with van der Waals surface area (Å²) in [6.45, 7) is 6.73. The predicted molar refractivity (Wildman–Crippen MR) is 128 cm³/mol. The first-order valence-corrected chi connectivity index (χ1v) is 11.4. The minimum atomic E-state index is -1.04. The minimum absolute atomic E-state index is 0.166. The van der Waals surface area contributed by atoms with Crippen molar-refractivity contribution in [2.75, 3.05) is 18.0 Å². The Hall–Kier alpha value is -2.01. The average Bonchev–Trinajstić information content (AvgIpc) is 2.69. The summed E-state index contributed by atoms with van der Waals surface area (Å²) in [5, 5.41) is 11.2. The molecule has 2 aliphatic rings. The van der Waals surface area contributed by atoms with Gasteiger partial charge in [0.05, 0.1) is 29.1 Å². The zero-order valence-electron chi connectivity index (χ0n) is 18.2.